The van der Waals surface area contributed by atoms with Gasteiger partial charge in [0, 0.05) is 29.7 Å². The first-order chi connectivity index (χ1) is 9.10. The van der Waals surface area contributed by atoms with Crippen molar-refractivity contribution in [3.8, 4) is 6.07 Å². The van der Waals surface area contributed by atoms with Gasteiger partial charge in [-0.1, -0.05) is 0 Å². The van der Waals surface area contributed by atoms with Crippen LogP contribution in [0.5, 0.6) is 0 Å². The summed E-state index contributed by atoms with van der Waals surface area (Å²) in [7, 11) is 0. The Morgan fingerprint density at radius 3 is 2.47 bits per heavy atom. The first kappa shape index (κ1) is 13.1. The second-order valence-electron chi connectivity index (χ2n) is 4.83. The zero-order chi connectivity index (χ0) is 13.8. The predicted molar refractivity (Wildman–Crippen MR) is 78.0 cm³/mol. The van der Waals surface area contributed by atoms with Gasteiger partial charge in [0.2, 0.25) is 0 Å². The molecule has 0 unspecified atom stereocenters. The van der Waals surface area contributed by atoms with Crippen molar-refractivity contribution in [3.05, 3.63) is 53.3 Å². The summed E-state index contributed by atoms with van der Waals surface area (Å²) < 4.78 is 2.22. The fourth-order valence-electron chi connectivity index (χ4n) is 2.01. The maximum Gasteiger partial charge on any atom is 0.0991 e. The Labute approximate surface area is 113 Å². The van der Waals surface area contributed by atoms with Crippen molar-refractivity contribution in [2.75, 3.05) is 0 Å². The largest absolute Gasteiger partial charge is 0.349 e. The number of benzene rings is 1. The Morgan fingerprint density at radius 1 is 1.26 bits per heavy atom. The Bertz CT molecular complexity index is 625. The molecule has 0 fully saturated rings. The topological polar surface area (TPSA) is 41.1 Å². The molecule has 0 radical (unpaired) electrons. The van der Waals surface area contributed by atoms with E-state index in [9.17, 15) is 0 Å². The van der Waals surface area contributed by atoms with Gasteiger partial charge in [-0.25, -0.2) is 0 Å². The van der Waals surface area contributed by atoms with Gasteiger partial charge in [0.15, 0.2) is 0 Å². The summed E-state index contributed by atoms with van der Waals surface area (Å²) in [6.07, 6.45) is 3.96. The third kappa shape index (κ3) is 3.11. The highest BCUT2D eigenvalue weighted by molar-refractivity contribution is 5.82. The second-order valence-corrected chi connectivity index (χ2v) is 4.83. The molecule has 0 amide bonds. The van der Waals surface area contributed by atoms with Crippen molar-refractivity contribution < 1.29 is 0 Å². The number of nitriles is 1. The molecule has 2 rings (SSSR count). The molecule has 0 aliphatic rings. The molecular weight excluding hydrogens is 234 g/mol. The number of hydrogen-bond donors (Lipinski definition) is 0. The second kappa shape index (κ2) is 5.53. The maximum atomic E-state index is 8.73. The summed E-state index contributed by atoms with van der Waals surface area (Å²) in [5, 5.41) is 8.73. The molecule has 96 valence electrons. The maximum absolute atomic E-state index is 8.73. The van der Waals surface area contributed by atoms with Crippen LogP contribution in [0.25, 0.3) is 0 Å². The van der Waals surface area contributed by atoms with Gasteiger partial charge in [-0.05, 0) is 51.1 Å². The summed E-state index contributed by atoms with van der Waals surface area (Å²) in [4.78, 5) is 4.42. The summed E-state index contributed by atoms with van der Waals surface area (Å²) in [6, 6.07) is 11.9. The van der Waals surface area contributed by atoms with Crippen molar-refractivity contribution in [1.82, 2.24) is 4.57 Å². The molecular formula is C16H17N3. The number of nitrogens with zero attached hydrogens (tertiary/aromatic N) is 3. The van der Waals surface area contributed by atoms with Crippen LogP contribution in [-0.4, -0.2) is 10.8 Å². The van der Waals surface area contributed by atoms with Crippen LogP contribution in [0.4, 0.5) is 5.69 Å². The smallest absolute Gasteiger partial charge is 0.0991 e. The highest BCUT2D eigenvalue weighted by atomic mass is 15.0. The molecule has 1 aromatic heterocycles. The standard InChI is InChI=1S/C16H17N3/c1-12(2)19-11-15(8-13(19)3)10-18-16-6-4-14(9-17)5-7-16/h4-8,10-12H,1-3H3. The Balaban J connectivity index is 2.18. The fourth-order valence-corrected chi connectivity index (χ4v) is 2.01. The minimum atomic E-state index is 0.456. The van der Waals surface area contributed by atoms with Crippen LogP contribution in [0, 0.1) is 18.3 Å². The molecule has 1 aromatic carbocycles. The van der Waals surface area contributed by atoms with E-state index in [1.165, 1.54) is 5.69 Å². The number of aliphatic imine (C=N–C) groups is 1. The van der Waals surface area contributed by atoms with E-state index >= 15 is 0 Å². The first-order valence-electron chi connectivity index (χ1n) is 6.33. The van der Waals surface area contributed by atoms with Crippen LogP contribution in [0.3, 0.4) is 0 Å². The monoisotopic (exact) mass is 251 g/mol. The van der Waals surface area contributed by atoms with Gasteiger partial charge >= 0.3 is 0 Å². The molecule has 0 aliphatic heterocycles. The average Bonchev–Trinajstić information content (AvgIpc) is 2.78. The fraction of sp³-hybridized carbons (Fsp3) is 0.250. The number of hydrogen-bond acceptors (Lipinski definition) is 2. The lowest BCUT2D eigenvalue weighted by Gasteiger charge is -2.08. The zero-order valence-corrected chi connectivity index (χ0v) is 11.5. The summed E-state index contributed by atoms with van der Waals surface area (Å²) in [6.45, 7) is 6.42. The molecule has 3 heteroatoms. The van der Waals surface area contributed by atoms with Gasteiger partial charge in [-0.15, -0.1) is 0 Å². The molecule has 0 spiro atoms. The lowest BCUT2D eigenvalue weighted by Crippen LogP contribution is -2.00. The highest BCUT2D eigenvalue weighted by Gasteiger charge is 2.03. The molecule has 0 bridgehead atoms. The quantitative estimate of drug-likeness (QED) is 0.760. The average molecular weight is 251 g/mol. The van der Waals surface area contributed by atoms with Gasteiger partial charge in [-0.3, -0.25) is 4.99 Å². The van der Waals surface area contributed by atoms with Crippen molar-refractivity contribution in [3.63, 3.8) is 0 Å². The van der Waals surface area contributed by atoms with Crippen LogP contribution in [-0.2, 0) is 0 Å². The van der Waals surface area contributed by atoms with Crippen LogP contribution >= 0.6 is 0 Å². The predicted octanol–water partition coefficient (Wildman–Crippen LogP) is 4.00. The van der Waals surface area contributed by atoms with Crippen LogP contribution in [0.15, 0.2) is 41.5 Å². The number of aromatic nitrogens is 1. The summed E-state index contributed by atoms with van der Waals surface area (Å²) in [5.74, 6) is 0. The lowest BCUT2D eigenvalue weighted by molar-refractivity contribution is 0.589. The van der Waals surface area contributed by atoms with E-state index in [2.05, 4.69) is 48.7 Å². The van der Waals surface area contributed by atoms with E-state index in [1.807, 2.05) is 18.3 Å². The van der Waals surface area contributed by atoms with Crippen molar-refractivity contribution in [2.24, 2.45) is 4.99 Å². The van der Waals surface area contributed by atoms with E-state index in [-0.39, 0.29) is 0 Å². The van der Waals surface area contributed by atoms with E-state index in [1.54, 1.807) is 12.1 Å². The normalized spacial score (nSPS) is 11.1. The number of rotatable bonds is 3. The summed E-state index contributed by atoms with van der Waals surface area (Å²) in [5.41, 5.74) is 3.83. The van der Waals surface area contributed by atoms with Crippen LogP contribution in [0.1, 0.15) is 36.7 Å². The third-order valence-corrected chi connectivity index (χ3v) is 2.99. The molecule has 0 saturated heterocycles. The van der Waals surface area contributed by atoms with Gasteiger partial charge in [0.05, 0.1) is 17.3 Å². The van der Waals surface area contributed by atoms with Gasteiger partial charge < -0.3 is 4.57 Å². The van der Waals surface area contributed by atoms with Crippen molar-refractivity contribution in [1.29, 1.82) is 5.26 Å². The third-order valence-electron chi connectivity index (χ3n) is 2.99. The summed E-state index contributed by atoms with van der Waals surface area (Å²) >= 11 is 0. The minimum absolute atomic E-state index is 0.456. The van der Waals surface area contributed by atoms with E-state index < -0.39 is 0 Å². The van der Waals surface area contributed by atoms with E-state index in [0.29, 0.717) is 11.6 Å². The van der Waals surface area contributed by atoms with Crippen molar-refractivity contribution >= 4 is 11.9 Å². The Morgan fingerprint density at radius 2 is 1.95 bits per heavy atom. The Hall–Kier alpha value is -2.34. The molecule has 2 aromatic rings. The highest BCUT2D eigenvalue weighted by Crippen LogP contribution is 2.15. The molecule has 1 heterocycles. The van der Waals surface area contributed by atoms with E-state index in [4.69, 9.17) is 5.26 Å². The SMILES string of the molecule is Cc1cc(C=Nc2ccc(C#N)cc2)cn1C(C)C. The van der Waals surface area contributed by atoms with Crippen LogP contribution < -0.4 is 0 Å². The molecule has 19 heavy (non-hydrogen) atoms. The zero-order valence-electron chi connectivity index (χ0n) is 11.5. The molecule has 3 nitrogen and oxygen atoms in total. The van der Waals surface area contributed by atoms with Crippen LogP contribution in [0.2, 0.25) is 0 Å². The molecule has 0 saturated carbocycles. The van der Waals surface area contributed by atoms with Gasteiger partial charge in [-0.2, -0.15) is 5.26 Å². The van der Waals surface area contributed by atoms with E-state index in [0.717, 1.165) is 11.3 Å². The molecule has 0 aliphatic carbocycles. The first-order valence-corrected chi connectivity index (χ1v) is 6.33. The number of aryl methyl sites for hydroxylation is 1. The molecule has 0 atom stereocenters. The minimum Gasteiger partial charge on any atom is -0.349 e. The lowest BCUT2D eigenvalue weighted by atomic mass is 10.2. The van der Waals surface area contributed by atoms with Gasteiger partial charge in [0.25, 0.3) is 0 Å². The van der Waals surface area contributed by atoms with Gasteiger partial charge in [0.1, 0.15) is 0 Å². The molecule has 0 N–H and O–H groups in total. The van der Waals surface area contributed by atoms with Crippen molar-refractivity contribution in [2.45, 2.75) is 26.8 Å². The Kier molecular flexibility index (Phi) is 3.82.